The maximum Gasteiger partial charge on any atom is 0.281 e. The molecule has 0 unspecified atom stereocenters. The van der Waals surface area contributed by atoms with Crippen LogP contribution < -0.4 is 5.32 Å². The lowest BCUT2D eigenvalue weighted by Crippen LogP contribution is -2.64. The van der Waals surface area contributed by atoms with Gasteiger partial charge in [-0.3, -0.25) is 9.69 Å². The second-order valence-corrected chi connectivity index (χ2v) is 11.4. The number of halogens is 5. The van der Waals surface area contributed by atoms with E-state index in [1.807, 2.05) is 4.90 Å². The summed E-state index contributed by atoms with van der Waals surface area (Å²) in [6.45, 7) is 4.44. The number of alkyl halides is 2. The van der Waals surface area contributed by atoms with Crippen molar-refractivity contribution in [2.24, 2.45) is 5.10 Å². The lowest BCUT2D eigenvalue weighted by molar-refractivity contribution is -0.532. The van der Waals surface area contributed by atoms with E-state index in [4.69, 9.17) is 11.6 Å². The quantitative estimate of drug-likeness (QED) is 0.354. The average molecular weight is 539 g/mol. The second-order valence-electron chi connectivity index (χ2n) is 9.06. The van der Waals surface area contributed by atoms with E-state index in [2.05, 4.69) is 17.1 Å². The van der Waals surface area contributed by atoms with Gasteiger partial charge in [0.1, 0.15) is 0 Å². The Bertz CT molecular complexity index is 1180. The third-order valence-electron chi connectivity index (χ3n) is 6.86. The maximum absolute atomic E-state index is 14.0. The van der Waals surface area contributed by atoms with E-state index in [0.717, 1.165) is 0 Å². The minimum absolute atomic E-state index is 0.0312. The highest BCUT2D eigenvalue weighted by atomic mass is 35.5. The molecule has 192 valence electrons. The van der Waals surface area contributed by atoms with Crippen LogP contribution in [0.25, 0.3) is 0 Å². The Kier molecular flexibility index (Phi) is 6.99. The van der Waals surface area contributed by atoms with Crippen molar-refractivity contribution < 1.29 is 35.5 Å². The van der Waals surface area contributed by atoms with Gasteiger partial charge >= 0.3 is 0 Å². The lowest BCUT2D eigenvalue weighted by atomic mass is 9.78. The molecule has 2 fully saturated rings. The predicted molar refractivity (Wildman–Crippen MR) is 122 cm³/mol. The number of carbonyl (C=O) groups excluding carboxylic acids is 1. The molecule has 8 nitrogen and oxygen atoms in total. The fourth-order valence-corrected chi connectivity index (χ4v) is 6.42. The van der Waals surface area contributed by atoms with Crippen LogP contribution in [0.1, 0.15) is 36.0 Å². The molecule has 1 N–H and O–H groups in total. The number of piperazine rings is 1. The highest BCUT2D eigenvalue weighted by molar-refractivity contribution is 8.04. The van der Waals surface area contributed by atoms with Crippen LogP contribution in [-0.4, -0.2) is 90.7 Å². The van der Waals surface area contributed by atoms with Crippen molar-refractivity contribution >= 4 is 39.3 Å². The number of benzene rings is 1. The monoisotopic (exact) mass is 538 g/mol. The SMILES string of the molecule is C=[N+]1CC(S(=O)(=O)N2CCN(C3(CNC(=O)c4cc(F)c(F)cc4Cl)CCC(F)(F)CC3)CC2)=N1. The summed E-state index contributed by atoms with van der Waals surface area (Å²) in [5.41, 5.74) is -1.12. The van der Waals surface area contributed by atoms with Crippen molar-refractivity contribution in [1.82, 2.24) is 14.5 Å². The van der Waals surface area contributed by atoms with Gasteiger partial charge in [-0.1, -0.05) is 16.3 Å². The fraction of sp³-hybridized carbons (Fsp3) is 0.571. The van der Waals surface area contributed by atoms with E-state index in [9.17, 15) is 30.8 Å². The largest absolute Gasteiger partial charge is 0.350 e. The van der Waals surface area contributed by atoms with Crippen LogP contribution in [-0.2, 0) is 10.0 Å². The molecular weight excluding hydrogens is 514 g/mol. The average Bonchev–Trinajstić information content (AvgIpc) is 2.79. The lowest BCUT2D eigenvalue weighted by Gasteiger charge is -2.50. The van der Waals surface area contributed by atoms with Gasteiger partial charge in [0, 0.05) is 56.2 Å². The molecule has 0 spiro atoms. The number of rotatable bonds is 5. The molecule has 2 aliphatic heterocycles. The van der Waals surface area contributed by atoms with Gasteiger partial charge in [-0.15, -0.1) is 0 Å². The van der Waals surface area contributed by atoms with E-state index >= 15 is 0 Å². The van der Waals surface area contributed by atoms with Crippen molar-refractivity contribution in [3.8, 4) is 0 Å². The van der Waals surface area contributed by atoms with Gasteiger partial charge in [0.15, 0.2) is 18.4 Å². The van der Waals surface area contributed by atoms with Crippen LogP contribution in [0, 0.1) is 11.6 Å². The third kappa shape index (κ3) is 5.23. The van der Waals surface area contributed by atoms with Crippen LogP contribution in [0.2, 0.25) is 5.02 Å². The normalized spacial score (nSPS) is 22.9. The van der Waals surface area contributed by atoms with Gasteiger partial charge in [0.2, 0.25) is 12.5 Å². The summed E-state index contributed by atoms with van der Waals surface area (Å²) in [6.07, 6.45) is -0.629. The topological polar surface area (TPSA) is 85.1 Å². The van der Waals surface area contributed by atoms with Crippen LogP contribution in [0.3, 0.4) is 0 Å². The molecule has 35 heavy (non-hydrogen) atoms. The first-order chi connectivity index (χ1) is 16.3. The molecule has 1 amide bonds. The molecule has 1 saturated heterocycles. The molecule has 4 rings (SSSR count). The number of nitrogens with zero attached hydrogens (tertiary/aromatic N) is 4. The van der Waals surface area contributed by atoms with Gasteiger partial charge in [0.25, 0.3) is 21.0 Å². The highest BCUT2D eigenvalue weighted by Crippen LogP contribution is 2.42. The summed E-state index contributed by atoms with van der Waals surface area (Å²) in [4.78, 5) is 14.6. The number of sulfonamides is 1. The van der Waals surface area contributed by atoms with Gasteiger partial charge in [-0.05, 0) is 25.0 Å². The first-order valence-corrected chi connectivity index (χ1v) is 12.9. The maximum atomic E-state index is 14.0. The van der Waals surface area contributed by atoms with Crippen molar-refractivity contribution in [3.05, 3.63) is 34.4 Å². The number of hydrazone groups is 1. The molecule has 0 bridgehead atoms. The summed E-state index contributed by atoms with van der Waals surface area (Å²) in [7, 11) is -3.72. The molecule has 3 aliphatic rings. The zero-order chi connectivity index (χ0) is 25.6. The Hall–Kier alpha value is -2.09. The van der Waals surface area contributed by atoms with Crippen molar-refractivity contribution in [2.75, 3.05) is 39.3 Å². The van der Waals surface area contributed by atoms with Crippen molar-refractivity contribution in [2.45, 2.75) is 37.1 Å². The molecule has 1 aromatic rings. The number of hydrogen-bond acceptors (Lipinski definition) is 5. The molecule has 0 atom stereocenters. The summed E-state index contributed by atoms with van der Waals surface area (Å²) in [5.74, 6) is -6.01. The first kappa shape index (κ1) is 26.0. The van der Waals surface area contributed by atoms with Gasteiger partial charge in [-0.2, -0.15) is 4.31 Å². The van der Waals surface area contributed by atoms with Gasteiger partial charge < -0.3 is 5.32 Å². The van der Waals surface area contributed by atoms with E-state index in [-0.39, 0.29) is 80.6 Å². The van der Waals surface area contributed by atoms with Crippen LogP contribution >= 0.6 is 11.6 Å². The van der Waals surface area contributed by atoms with Gasteiger partial charge in [-0.25, -0.2) is 26.0 Å². The van der Waals surface area contributed by atoms with E-state index in [1.54, 1.807) is 0 Å². The van der Waals surface area contributed by atoms with E-state index < -0.39 is 39.0 Å². The molecule has 1 saturated carbocycles. The molecule has 0 aromatic heterocycles. The fourth-order valence-electron chi connectivity index (χ4n) is 4.71. The number of carbonyl (C=O) groups is 1. The number of nitrogens with one attached hydrogen (secondary N) is 1. The Morgan fingerprint density at radius 3 is 2.26 bits per heavy atom. The minimum atomic E-state index is -3.72. The Balaban J connectivity index is 1.48. The van der Waals surface area contributed by atoms with Crippen LogP contribution in [0.5, 0.6) is 0 Å². The van der Waals surface area contributed by atoms with Crippen molar-refractivity contribution in [3.63, 3.8) is 0 Å². The minimum Gasteiger partial charge on any atom is -0.350 e. The summed E-state index contributed by atoms with van der Waals surface area (Å²) >= 11 is 5.89. The zero-order valence-corrected chi connectivity index (χ0v) is 20.3. The molecule has 1 aromatic carbocycles. The van der Waals surface area contributed by atoms with Gasteiger partial charge in [0.05, 0.1) is 10.6 Å². The van der Waals surface area contributed by atoms with E-state index in [0.29, 0.717) is 12.1 Å². The molecule has 14 heteroatoms. The predicted octanol–water partition coefficient (Wildman–Crippen LogP) is 2.28. The summed E-state index contributed by atoms with van der Waals surface area (Å²) < 4.78 is 83.0. The van der Waals surface area contributed by atoms with Crippen molar-refractivity contribution in [1.29, 1.82) is 0 Å². The number of amides is 1. The standard InChI is InChI=1S/C21H24ClF4N5O3S/c1-29-12-18(28-29)35(33,34)31-8-6-30(7-9-31)20(2-4-21(25,26)5-3-20)13-27-19(32)14-10-16(23)17(24)11-15(14)22/h10-11H,1-9,12-13H2/p+1. The zero-order valence-electron chi connectivity index (χ0n) is 18.7. The Morgan fingerprint density at radius 1 is 1.11 bits per heavy atom. The molecule has 1 aliphatic carbocycles. The Labute approximate surface area is 205 Å². The Morgan fingerprint density at radius 2 is 1.69 bits per heavy atom. The highest BCUT2D eigenvalue weighted by Gasteiger charge is 2.48. The smallest absolute Gasteiger partial charge is 0.281 e. The third-order valence-corrected chi connectivity index (χ3v) is 9.03. The van der Waals surface area contributed by atoms with E-state index in [1.165, 1.54) is 8.99 Å². The van der Waals surface area contributed by atoms with Crippen LogP contribution in [0.15, 0.2) is 17.2 Å². The molecular formula is C21H25ClF4N5O3S+. The number of hydrogen-bond donors (Lipinski definition) is 1. The molecule has 0 radical (unpaired) electrons. The molecule has 2 heterocycles. The summed E-state index contributed by atoms with van der Waals surface area (Å²) in [6, 6.07) is 1.39. The van der Waals surface area contributed by atoms with Crippen LogP contribution in [0.4, 0.5) is 17.6 Å². The first-order valence-electron chi connectivity index (χ1n) is 11.0. The second kappa shape index (κ2) is 9.41. The summed E-state index contributed by atoms with van der Waals surface area (Å²) in [5, 5.41) is 6.21.